The van der Waals surface area contributed by atoms with E-state index in [1.807, 2.05) is 5.92 Å². The molecule has 35 heavy (non-hydrogen) atoms. The minimum Gasteiger partial charge on any atom is -0.332 e. The average molecular weight is 517 g/mol. The van der Waals surface area contributed by atoms with Gasteiger partial charge in [-0.2, -0.15) is 0 Å². The van der Waals surface area contributed by atoms with Crippen LogP contribution < -0.4 is 4.98 Å². The minimum absolute atomic E-state index is 0.207. The first-order chi connectivity index (χ1) is 16.3. The topological polar surface area (TPSA) is 15.3 Å². The Balaban J connectivity index is 1.74. The number of nitrogens with one attached hydrogen (secondary N) is 1. The summed E-state index contributed by atoms with van der Waals surface area (Å²) in [6, 6.07) is 0. The molecule has 0 heterocycles. The lowest BCUT2D eigenvalue weighted by Crippen LogP contribution is -2.70. The van der Waals surface area contributed by atoms with Crippen LogP contribution in [0.5, 0.6) is 0 Å². The van der Waals surface area contributed by atoms with Crippen LogP contribution in [-0.2, 0) is 0 Å². The summed E-state index contributed by atoms with van der Waals surface area (Å²) in [7, 11) is -3.52. The Morgan fingerprint density at radius 3 is 1.74 bits per heavy atom. The van der Waals surface area contributed by atoms with Crippen LogP contribution in [0.25, 0.3) is 0 Å². The van der Waals surface area contributed by atoms with E-state index in [0.29, 0.717) is 0 Å². The van der Waals surface area contributed by atoms with Crippen molar-refractivity contribution in [1.29, 1.82) is 0 Å². The Kier molecular flexibility index (Phi) is 8.50. The van der Waals surface area contributed by atoms with E-state index < -0.39 is 16.5 Å². The van der Waals surface area contributed by atoms with Gasteiger partial charge in [-0.05, 0) is 127 Å². The molecule has 6 atom stereocenters. The van der Waals surface area contributed by atoms with Crippen molar-refractivity contribution in [3.63, 3.8) is 0 Å². The zero-order valence-electron chi connectivity index (χ0n) is 25.2. The molecule has 4 saturated carbocycles. The van der Waals surface area contributed by atoms with Crippen molar-refractivity contribution in [2.75, 3.05) is 6.54 Å². The lowest BCUT2D eigenvalue weighted by Gasteiger charge is -2.56. The zero-order chi connectivity index (χ0) is 25.6. The van der Waals surface area contributed by atoms with E-state index in [2.05, 4.69) is 77.0 Å². The minimum atomic E-state index is -1.77. The molecule has 0 spiro atoms. The van der Waals surface area contributed by atoms with Gasteiger partial charge in [0, 0.05) is 11.1 Å². The lowest BCUT2D eigenvalue weighted by molar-refractivity contribution is 0.243. The van der Waals surface area contributed by atoms with Crippen LogP contribution in [0.4, 0.5) is 0 Å². The summed E-state index contributed by atoms with van der Waals surface area (Å²) < 4.78 is 3.11. The second kappa shape index (κ2) is 10.5. The van der Waals surface area contributed by atoms with Crippen molar-refractivity contribution >= 4 is 16.5 Å². The summed E-state index contributed by atoms with van der Waals surface area (Å²) in [6.07, 6.45) is 17.7. The number of nitrogens with zero attached hydrogens (tertiary/aromatic N) is 1. The van der Waals surface area contributed by atoms with Crippen molar-refractivity contribution in [3.05, 3.63) is 11.8 Å². The second-order valence-electron chi connectivity index (χ2n) is 15.5. The molecule has 0 aliphatic heterocycles. The highest BCUT2D eigenvalue weighted by molar-refractivity contribution is 6.96. The Morgan fingerprint density at radius 1 is 0.743 bits per heavy atom. The monoisotopic (exact) mass is 516 g/mol. The molecule has 0 aromatic heterocycles. The van der Waals surface area contributed by atoms with E-state index >= 15 is 0 Å². The molecule has 4 rings (SSSR count). The third-order valence-corrected chi connectivity index (χ3v) is 24.4. The summed E-state index contributed by atoms with van der Waals surface area (Å²) in [5.41, 5.74) is 3.85. The number of fused-ring (bicyclic) bond motifs is 2. The van der Waals surface area contributed by atoms with Gasteiger partial charge in [-0.15, -0.1) is 0 Å². The summed E-state index contributed by atoms with van der Waals surface area (Å²) in [4.78, 5) is 4.51. The van der Waals surface area contributed by atoms with E-state index in [-0.39, 0.29) is 11.1 Å². The van der Waals surface area contributed by atoms with Crippen LogP contribution in [0, 0.1) is 23.7 Å². The smallest absolute Gasteiger partial charge is 0.128 e. The lowest BCUT2D eigenvalue weighted by atomic mass is 9.82. The van der Waals surface area contributed by atoms with Crippen LogP contribution in [0.1, 0.15) is 126 Å². The first kappa shape index (κ1) is 28.4. The third-order valence-electron chi connectivity index (χ3n) is 10.7. The highest BCUT2D eigenvalue weighted by Crippen LogP contribution is 2.60. The third kappa shape index (κ3) is 5.86. The molecule has 4 aliphatic rings. The highest BCUT2D eigenvalue weighted by atomic mass is 28.4. The van der Waals surface area contributed by atoms with Gasteiger partial charge in [0.25, 0.3) is 0 Å². The predicted molar refractivity (Wildman–Crippen MR) is 159 cm³/mol. The first-order valence-electron chi connectivity index (χ1n) is 15.6. The van der Waals surface area contributed by atoms with Gasteiger partial charge in [0.2, 0.25) is 0 Å². The molecule has 0 amide bonds. The summed E-state index contributed by atoms with van der Waals surface area (Å²) in [5.74, 6) is 6.01. The quantitative estimate of drug-likeness (QED) is 0.339. The van der Waals surface area contributed by atoms with E-state index in [1.165, 1.54) is 83.6 Å². The maximum absolute atomic E-state index is 4.51. The Labute approximate surface area is 222 Å². The van der Waals surface area contributed by atoms with Gasteiger partial charge in [-0.1, -0.05) is 58.5 Å². The molecule has 4 heteroatoms. The van der Waals surface area contributed by atoms with Crippen molar-refractivity contribution in [2.45, 2.75) is 166 Å². The SMILES string of the molecule is CCN(C(C)(C)C)[Si](C)(C[Si](C)(NC(C)(C)C)C1CCC2CCCC[C]21)C1CCC2CCCC[C]21. The molecule has 0 bridgehead atoms. The molecule has 0 aromatic rings. The zero-order valence-corrected chi connectivity index (χ0v) is 27.2. The van der Waals surface area contributed by atoms with E-state index in [9.17, 15) is 0 Å². The molecule has 4 fully saturated rings. The molecule has 1 N–H and O–H groups in total. The molecular weight excluding hydrogens is 457 g/mol. The van der Waals surface area contributed by atoms with Crippen molar-refractivity contribution in [3.8, 4) is 0 Å². The first-order valence-corrected chi connectivity index (χ1v) is 21.1. The molecule has 4 aliphatic carbocycles. The second-order valence-corrected chi connectivity index (χ2v) is 24.7. The Hall–Kier alpha value is 0.354. The van der Waals surface area contributed by atoms with Gasteiger partial charge in [-0.25, -0.2) is 0 Å². The van der Waals surface area contributed by atoms with E-state index in [0.717, 1.165) is 22.9 Å². The van der Waals surface area contributed by atoms with Gasteiger partial charge in [0.15, 0.2) is 0 Å². The summed E-state index contributed by atoms with van der Waals surface area (Å²) >= 11 is 0. The Bertz CT molecular complexity index is 712. The van der Waals surface area contributed by atoms with Crippen molar-refractivity contribution < 1.29 is 0 Å². The largest absolute Gasteiger partial charge is 0.332 e. The molecule has 0 aromatic carbocycles. The highest BCUT2D eigenvalue weighted by Gasteiger charge is 2.59. The predicted octanol–water partition coefficient (Wildman–Crippen LogP) is 9.04. The van der Waals surface area contributed by atoms with E-state index in [4.69, 9.17) is 0 Å². The normalized spacial score (nSPS) is 34.5. The van der Waals surface area contributed by atoms with Crippen LogP contribution in [0.15, 0.2) is 0 Å². The fourth-order valence-corrected chi connectivity index (χ4v) is 27.7. The van der Waals surface area contributed by atoms with Gasteiger partial charge < -0.3 is 9.55 Å². The standard InChI is InChI=1S/C31H60N2Si2/c1-10-33(31(5,6)7)35(9,29-22-20-25-16-12-14-18-27(25)29)23-34(8,32-30(2,3)4)28-21-19-24-15-11-13-17-26(24)28/h24-25,28-29,32H,10-23H2,1-9H3. The Morgan fingerprint density at radius 2 is 1.26 bits per heavy atom. The van der Waals surface area contributed by atoms with Crippen molar-refractivity contribution in [2.24, 2.45) is 11.8 Å². The molecule has 0 saturated heterocycles. The average Bonchev–Trinajstić information content (AvgIpc) is 3.37. The van der Waals surface area contributed by atoms with Gasteiger partial charge >= 0.3 is 0 Å². The fraction of sp³-hybridized carbons (Fsp3) is 0.935. The molecule has 2 radical (unpaired) electrons. The van der Waals surface area contributed by atoms with Crippen molar-refractivity contribution in [1.82, 2.24) is 9.55 Å². The fourth-order valence-electron chi connectivity index (χ4n) is 10.2. The van der Waals surface area contributed by atoms with Gasteiger partial charge in [0.1, 0.15) is 16.5 Å². The van der Waals surface area contributed by atoms with Crippen LogP contribution in [-0.4, -0.2) is 38.7 Å². The number of hydrogen-bond donors (Lipinski definition) is 1. The van der Waals surface area contributed by atoms with Gasteiger partial charge in [0.05, 0.1) is 0 Å². The maximum atomic E-state index is 4.51. The van der Waals surface area contributed by atoms with Crippen LogP contribution >= 0.6 is 0 Å². The van der Waals surface area contributed by atoms with Crippen LogP contribution in [0.3, 0.4) is 0 Å². The summed E-state index contributed by atoms with van der Waals surface area (Å²) in [5, 5.41) is 0. The maximum Gasteiger partial charge on any atom is 0.128 e. The van der Waals surface area contributed by atoms with Gasteiger partial charge in [-0.3, -0.25) is 0 Å². The molecular formula is C31H60N2Si2. The molecule has 2 nitrogen and oxygen atoms in total. The molecule has 6 unspecified atom stereocenters. The summed E-state index contributed by atoms with van der Waals surface area (Å²) in [6.45, 7) is 24.4. The van der Waals surface area contributed by atoms with E-state index in [1.54, 1.807) is 5.67 Å². The van der Waals surface area contributed by atoms with Crippen LogP contribution in [0.2, 0.25) is 29.8 Å². The number of hydrogen-bond acceptors (Lipinski definition) is 2. The number of rotatable bonds is 7. The molecule has 202 valence electrons.